The number of likely N-dealkylation sites (N-methyl/N-ethyl adjacent to an activating group) is 1. The van der Waals surface area contributed by atoms with Crippen LogP contribution in [0.3, 0.4) is 0 Å². The number of alkyl halides is 3. The summed E-state index contributed by atoms with van der Waals surface area (Å²) in [6.07, 6.45) is -2.42. The molecule has 2 aliphatic carbocycles. The Hall–Kier alpha value is -3.91. The first-order valence-corrected chi connectivity index (χ1v) is 13.7. The van der Waals surface area contributed by atoms with Gasteiger partial charge in [0.2, 0.25) is 23.3 Å². The quantitative estimate of drug-likeness (QED) is 0.367. The van der Waals surface area contributed by atoms with Crippen LogP contribution in [0, 0.1) is 17.7 Å². The van der Waals surface area contributed by atoms with Crippen molar-refractivity contribution >= 4 is 35.2 Å². The first-order valence-electron chi connectivity index (χ1n) is 13.7. The van der Waals surface area contributed by atoms with Gasteiger partial charge >= 0.3 is 12.1 Å². The van der Waals surface area contributed by atoms with E-state index in [4.69, 9.17) is 10.5 Å². The van der Waals surface area contributed by atoms with Crippen LogP contribution >= 0.6 is 0 Å². The number of anilines is 1. The van der Waals surface area contributed by atoms with Gasteiger partial charge in [-0.3, -0.25) is 24.0 Å². The highest BCUT2D eigenvalue weighted by Crippen LogP contribution is 2.42. The van der Waals surface area contributed by atoms with E-state index in [2.05, 4.69) is 5.32 Å². The molecule has 42 heavy (non-hydrogen) atoms. The van der Waals surface area contributed by atoms with E-state index in [1.165, 1.54) is 13.1 Å². The lowest BCUT2D eigenvalue weighted by molar-refractivity contribution is -0.175. The van der Waals surface area contributed by atoms with Gasteiger partial charge in [0.15, 0.2) is 0 Å². The maximum atomic E-state index is 14.1. The molecule has 15 heteroatoms. The standard InChI is InChI=1S/C27H31F4N5O6/c1-35(22(38)17(8-13-2-3-13)34-25(41)27(29,30)31)18(9-14-4-5-14)23(39)36-12-26(11-19(36)21(32)37)24(40)33-16-10-15(28)6-7-20(16)42-26/h6-7,10,13-14,17-19H,2-5,8-9,11-12H2,1H3,(H2,32,37)(H,33,40)(H,34,41)/t17-,18-,19-,26+/m0/s1. The lowest BCUT2D eigenvalue weighted by Crippen LogP contribution is -2.58. The number of halogens is 4. The number of primary amides is 1. The summed E-state index contributed by atoms with van der Waals surface area (Å²) in [5.41, 5.74) is 3.97. The number of nitrogens with one attached hydrogen (secondary N) is 2. The van der Waals surface area contributed by atoms with Crippen LogP contribution in [0.4, 0.5) is 23.2 Å². The molecule has 2 aliphatic heterocycles. The van der Waals surface area contributed by atoms with Crippen LogP contribution < -0.4 is 21.1 Å². The van der Waals surface area contributed by atoms with Gasteiger partial charge in [0, 0.05) is 19.5 Å². The third-order valence-electron chi connectivity index (χ3n) is 8.33. The summed E-state index contributed by atoms with van der Waals surface area (Å²) in [7, 11) is 1.27. The Morgan fingerprint density at radius 3 is 2.40 bits per heavy atom. The molecule has 4 N–H and O–H groups in total. The Morgan fingerprint density at radius 1 is 1.17 bits per heavy atom. The summed E-state index contributed by atoms with van der Waals surface area (Å²) in [6.45, 7) is -0.415. The van der Waals surface area contributed by atoms with Crippen molar-refractivity contribution in [3.63, 3.8) is 0 Å². The molecular formula is C27H31F4N5O6. The number of nitrogens with two attached hydrogens (primary N) is 1. The number of carbonyl (C=O) groups is 5. The number of rotatable bonds is 9. The molecule has 228 valence electrons. The molecule has 1 spiro atoms. The summed E-state index contributed by atoms with van der Waals surface area (Å²) < 4.78 is 58.7. The smallest absolute Gasteiger partial charge is 0.471 e. The molecule has 3 fully saturated rings. The number of fused-ring (bicyclic) bond motifs is 1. The third-order valence-corrected chi connectivity index (χ3v) is 8.33. The van der Waals surface area contributed by atoms with Gasteiger partial charge in [0.1, 0.15) is 29.7 Å². The van der Waals surface area contributed by atoms with Crippen molar-refractivity contribution in [2.24, 2.45) is 17.6 Å². The molecule has 2 saturated carbocycles. The van der Waals surface area contributed by atoms with Crippen LogP contribution in [0.15, 0.2) is 18.2 Å². The average molecular weight is 598 g/mol. The second-order valence-corrected chi connectivity index (χ2v) is 11.6. The zero-order chi connectivity index (χ0) is 30.6. The van der Waals surface area contributed by atoms with E-state index in [0.717, 1.165) is 34.8 Å². The minimum absolute atomic E-state index is 0.0138. The molecule has 0 aromatic heterocycles. The first kappa shape index (κ1) is 29.6. The van der Waals surface area contributed by atoms with Crippen molar-refractivity contribution in [2.45, 2.75) is 74.8 Å². The van der Waals surface area contributed by atoms with E-state index in [-0.39, 0.29) is 42.5 Å². The minimum Gasteiger partial charge on any atom is -0.473 e. The van der Waals surface area contributed by atoms with Gasteiger partial charge in [-0.25, -0.2) is 4.39 Å². The van der Waals surface area contributed by atoms with Gasteiger partial charge in [-0.15, -0.1) is 0 Å². The Bertz CT molecular complexity index is 1320. The van der Waals surface area contributed by atoms with Gasteiger partial charge in [-0.2, -0.15) is 13.2 Å². The molecule has 11 nitrogen and oxygen atoms in total. The Balaban J connectivity index is 1.40. The molecule has 1 saturated heterocycles. The molecule has 0 bridgehead atoms. The fourth-order valence-corrected chi connectivity index (χ4v) is 5.61. The van der Waals surface area contributed by atoms with E-state index in [0.29, 0.717) is 12.8 Å². The van der Waals surface area contributed by atoms with E-state index >= 15 is 0 Å². The van der Waals surface area contributed by atoms with Crippen LogP contribution in [0.1, 0.15) is 44.9 Å². The Labute approximate surface area is 238 Å². The number of hydrogen-bond donors (Lipinski definition) is 3. The third kappa shape index (κ3) is 6.00. The van der Waals surface area contributed by atoms with Crippen LogP contribution in [0.5, 0.6) is 5.75 Å². The van der Waals surface area contributed by atoms with Crippen LogP contribution in [0.2, 0.25) is 0 Å². The molecule has 2 heterocycles. The highest BCUT2D eigenvalue weighted by molar-refractivity contribution is 6.03. The lowest BCUT2D eigenvalue weighted by atomic mass is 9.96. The fourth-order valence-electron chi connectivity index (χ4n) is 5.61. The second kappa shape index (κ2) is 10.7. The summed E-state index contributed by atoms with van der Waals surface area (Å²) in [5.74, 6) is -5.97. The predicted molar refractivity (Wildman–Crippen MR) is 137 cm³/mol. The number of hydrogen-bond acceptors (Lipinski definition) is 6. The maximum absolute atomic E-state index is 14.1. The maximum Gasteiger partial charge on any atom is 0.471 e. The van der Waals surface area contributed by atoms with Gasteiger partial charge in [0.25, 0.3) is 5.91 Å². The van der Waals surface area contributed by atoms with Crippen molar-refractivity contribution in [3.05, 3.63) is 24.0 Å². The number of amides is 5. The molecule has 0 unspecified atom stereocenters. The second-order valence-electron chi connectivity index (χ2n) is 11.6. The van der Waals surface area contributed by atoms with E-state index < -0.39 is 71.8 Å². The first-order chi connectivity index (χ1) is 19.7. The van der Waals surface area contributed by atoms with E-state index in [1.807, 2.05) is 0 Å². The van der Waals surface area contributed by atoms with Crippen molar-refractivity contribution in [3.8, 4) is 5.75 Å². The fraction of sp³-hybridized carbons (Fsp3) is 0.593. The minimum atomic E-state index is -5.20. The van der Waals surface area contributed by atoms with Gasteiger partial charge in [0.05, 0.1) is 12.2 Å². The highest BCUT2D eigenvalue weighted by Gasteiger charge is 2.58. The summed E-state index contributed by atoms with van der Waals surface area (Å²) in [6, 6.07) is -0.539. The molecular weight excluding hydrogens is 566 g/mol. The lowest BCUT2D eigenvalue weighted by Gasteiger charge is -2.36. The van der Waals surface area contributed by atoms with Gasteiger partial charge in [-0.05, 0) is 36.8 Å². The van der Waals surface area contributed by atoms with Crippen LogP contribution in [-0.2, 0) is 24.0 Å². The van der Waals surface area contributed by atoms with Gasteiger partial charge in [-0.1, -0.05) is 25.7 Å². The number of likely N-dealkylation sites (tertiary alicyclic amines) is 1. The monoisotopic (exact) mass is 597 g/mol. The summed E-state index contributed by atoms with van der Waals surface area (Å²) in [5, 5.41) is 4.32. The highest BCUT2D eigenvalue weighted by atomic mass is 19.4. The average Bonchev–Trinajstić information content (AvgIpc) is 3.85. The number of carbonyl (C=O) groups excluding carboxylic acids is 5. The van der Waals surface area contributed by atoms with Crippen LogP contribution in [-0.4, -0.2) is 82.8 Å². The number of ether oxygens (including phenoxy) is 1. The Kier molecular flexibility index (Phi) is 7.56. The summed E-state index contributed by atoms with van der Waals surface area (Å²) in [4.78, 5) is 67.1. The van der Waals surface area contributed by atoms with Crippen molar-refractivity contribution in [1.29, 1.82) is 0 Å². The summed E-state index contributed by atoms with van der Waals surface area (Å²) >= 11 is 0. The molecule has 5 amide bonds. The number of nitrogens with zero attached hydrogens (tertiary/aromatic N) is 2. The Morgan fingerprint density at radius 2 is 1.81 bits per heavy atom. The number of benzene rings is 1. The van der Waals surface area contributed by atoms with E-state index in [9.17, 15) is 41.5 Å². The van der Waals surface area contributed by atoms with Crippen molar-refractivity contribution in [1.82, 2.24) is 15.1 Å². The largest absolute Gasteiger partial charge is 0.473 e. The van der Waals surface area contributed by atoms with E-state index in [1.54, 1.807) is 5.32 Å². The normalized spacial score (nSPS) is 24.7. The molecule has 1 aromatic rings. The SMILES string of the molecule is CN(C(=O)[C@H](CC1CC1)NC(=O)C(F)(F)F)[C@@H](CC1CC1)C(=O)N1C[C@@]2(C[C@H]1C(N)=O)Oc1ccc(F)cc1NC2=O. The molecule has 0 radical (unpaired) electrons. The van der Waals surface area contributed by atoms with Crippen LogP contribution in [0.25, 0.3) is 0 Å². The van der Waals surface area contributed by atoms with Crippen molar-refractivity contribution < 1.29 is 46.3 Å². The van der Waals surface area contributed by atoms with Crippen molar-refractivity contribution in [2.75, 3.05) is 18.9 Å². The zero-order valence-electron chi connectivity index (χ0n) is 22.7. The predicted octanol–water partition coefficient (Wildman–Crippen LogP) is 1.46. The molecule has 4 atom stereocenters. The topological polar surface area (TPSA) is 151 Å². The molecule has 4 aliphatic rings. The molecule has 1 aromatic carbocycles. The molecule has 5 rings (SSSR count). The van der Waals surface area contributed by atoms with Gasteiger partial charge < -0.3 is 30.9 Å². The zero-order valence-corrected chi connectivity index (χ0v) is 22.7.